The first-order valence-electron chi connectivity index (χ1n) is 5.60. The molecule has 0 aliphatic heterocycles. The predicted molar refractivity (Wildman–Crippen MR) is 70.3 cm³/mol. The first-order valence-corrected chi connectivity index (χ1v) is 5.60. The monoisotopic (exact) mass is 240 g/mol. The molecule has 0 radical (unpaired) electrons. The molecule has 18 heavy (non-hydrogen) atoms. The number of benzene rings is 2. The van der Waals surface area contributed by atoms with E-state index in [9.17, 15) is 5.11 Å². The van der Waals surface area contributed by atoms with E-state index in [2.05, 4.69) is 4.98 Å². The fourth-order valence-electron chi connectivity index (χ4n) is 1.93. The van der Waals surface area contributed by atoms with E-state index in [1.807, 2.05) is 25.1 Å². The molecular weight excluding hydrogens is 228 g/mol. The number of phenolic OH excluding ortho intramolecular Hbond substituents is 1. The van der Waals surface area contributed by atoms with Crippen molar-refractivity contribution in [2.75, 3.05) is 5.73 Å². The lowest BCUT2D eigenvalue weighted by Gasteiger charge is -2.00. The molecule has 0 saturated carbocycles. The van der Waals surface area contributed by atoms with Crippen molar-refractivity contribution in [3.8, 4) is 17.2 Å². The molecule has 3 aromatic rings. The largest absolute Gasteiger partial charge is 0.507 e. The Hall–Kier alpha value is -2.49. The number of fused-ring (bicyclic) bond motifs is 1. The summed E-state index contributed by atoms with van der Waals surface area (Å²) in [5.74, 6) is 0.484. The third kappa shape index (κ3) is 1.59. The van der Waals surface area contributed by atoms with E-state index in [1.165, 1.54) is 6.07 Å². The summed E-state index contributed by atoms with van der Waals surface area (Å²) >= 11 is 0. The van der Waals surface area contributed by atoms with Crippen LogP contribution in [0.5, 0.6) is 5.75 Å². The number of hydrogen-bond acceptors (Lipinski definition) is 4. The highest BCUT2D eigenvalue weighted by atomic mass is 16.3. The highest BCUT2D eigenvalue weighted by molar-refractivity contribution is 5.80. The Bertz CT molecular complexity index is 732. The smallest absolute Gasteiger partial charge is 0.231 e. The van der Waals surface area contributed by atoms with Crippen molar-refractivity contribution in [2.24, 2.45) is 0 Å². The molecule has 0 atom stereocenters. The Morgan fingerprint density at radius 1 is 1.22 bits per heavy atom. The van der Waals surface area contributed by atoms with Gasteiger partial charge in [0.1, 0.15) is 11.3 Å². The van der Waals surface area contributed by atoms with E-state index in [4.69, 9.17) is 10.2 Å². The van der Waals surface area contributed by atoms with Crippen molar-refractivity contribution in [2.45, 2.75) is 6.92 Å². The van der Waals surface area contributed by atoms with E-state index in [0.29, 0.717) is 17.1 Å². The molecule has 4 nitrogen and oxygen atoms in total. The highest BCUT2D eigenvalue weighted by Gasteiger charge is 2.13. The number of oxazole rings is 1. The van der Waals surface area contributed by atoms with Crippen molar-refractivity contribution in [3.63, 3.8) is 0 Å². The zero-order valence-corrected chi connectivity index (χ0v) is 9.84. The molecule has 0 aliphatic carbocycles. The molecule has 4 heteroatoms. The van der Waals surface area contributed by atoms with Gasteiger partial charge in [-0.2, -0.15) is 0 Å². The van der Waals surface area contributed by atoms with Gasteiger partial charge in [0.2, 0.25) is 5.89 Å². The average Bonchev–Trinajstić information content (AvgIpc) is 2.77. The number of aryl methyl sites for hydroxylation is 1. The number of anilines is 1. The van der Waals surface area contributed by atoms with Gasteiger partial charge in [0.05, 0.1) is 5.56 Å². The minimum atomic E-state index is 0.105. The second-order valence-electron chi connectivity index (χ2n) is 4.22. The summed E-state index contributed by atoms with van der Waals surface area (Å²) in [4.78, 5) is 4.36. The topological polar surface area (TPSA) is 72.3 Å². The summed E-state index contributed by atoms with van der Waals surface area (Å²) in [5, 5.41) is 9.83. The van der Waals surface area contributed by atoms with Gasteiger partial charge in [0.25, 0.3) is 0 Å². The molecular formula is C14H12N2O2. The van der Waals surface area contributed by atoms with E-state index in [-0.39, 0.29) is 5.75 Å². The van der Waals surface area contributed by atoms with Crippen LogP contribution in [0.25, 0.3) is 22.6 Å². The fourth-order valence-corrected chi connectivity index (χ4v) is 1.93. The lowest BCUT2D eigenvalue weighted by molar-refractivity contribution is 0.474. The van der Waals surface area contributed by atoms with E-state index in [0.717, 1.165) is 16.7 Å². The molecule has 1 aromatic heterocycles. The van der Waals surface area contributed by atoms with Crippen LogP contribution in [-0.2, 0) is 0 Å². The summed E-state index contributed by atoms with van der Waals surface area (Å²) in [5.41, 5.74) is 9.28. The Kier molecular flexibility index (Phi) is 2.23. The van der Waals surface area contributed by atoms with Crippen LogP contribution in [-0.4, -0.2) is 10.1 Å². The zero-order chi connectivity index (χ0) is 12.7. The van der Waals surface area contributed by atoms with Gasteiger partial charge in [-0.3, -0.25) is 0 Å². The van der Waals surface area contributed by atoms with Crippen LogP contribution in [0.4, 0.5) is 5.69 Å². The highest BCUT2D eigenvalue weighted by Crippen LogP contribution is 2.33. The molecule has 2 aromatic carbocycles. The van der Waals surface area contributed by atoms with Crippen LogP contribution in [0.15, 0.2) is 40.8 Å². The second-order valence-corrected chi connectivity index (χ2v) is 4.22. The van der Waals surface area contributed by atoms with Crippen molar-refractivity contribution < 1.29 is 9.52 Å². The minimum Gasteiger partial charge on any atom is -0.507 e. The quantitative estimate of drug-likeness (QED) is 0.506. The molecule has 1 heterocycles. The lowest BCUT2D eigenvalue weighted by Crippen LogP contribution is -1.86. The number of rotatable bonds is 1. The molecule has 0 unspecified atom stereocenters. The van der Waals surface area contributed by atoms with Crippen molar-refractivity contribution in [3.05, 3.63) is 42.0 Å². The van der Waals surface area contributed by atoms with E-state index >= 15 is 0 Å². The summed E-state index contributed by atoms with van der Waals surface area (Å²) < 4.78 is 5.69. The molecule has 0 aliphatic rings. The van der Waals surface area contributed by atoms with Gasteiger partial charge in [-0.1, -0.05) is 12.1 Å². The molecule has 0 amide bonds. The fraction of sp³-hybridized carbons (Fsp3) is 0.0714. The summed E-state index contributed by atoms with van der Waals surface area (Å²) in [6, 6.07) is 10.6. The molecule has 0 spiro atoms. The maximum atomic E-state index is 9.83. The van der Waals surface area contributed by atoms with Crippen molar-refractivity contribution >= 4 is 16.8 Å². The summed E-state index contributed by atoms with van der Waals surface area (Å²) in [6.07, 6.45) is 0. The number of nitrogens with zero attached hydrogens (tertiary/aromatic N) is 1. The van der Waals surface area contributed by atoms with Gasteiger partial charge in [-0.15, -0.1) is 0 Å². The molecule has 3 rings (SSSR count). The number of para-hydroxylation sites is 1. The molecule has 0 bridgehead atoms. The third-order valence-electron chi connectivity index (χ3n) is 2.86. The van der Waals surface area contributed by atoms with Crippen LogP contribution in [0.2, 0.25) is 0 Å². The maximum absolute atomic E-state index is 9.83. The van der Waals surface area contributed by atoms with Gasteiger partial charge in [0.15, 0.2) is 5.58 Å². The van der Waals surface area contributed by atoms with Gasteiger partial charge >= 0.3 is 0 Å². The van der Waals surface area contributed by atoms with Gasteiger partial charge in [0, 0.05) is 5.69 Å². The van der Waals surface area contributed by atoms with Crippen LogP contribution in [0.1, 0.15) is 5.56 Å². The first-order chi connectivity index (χ1) is 8.65. The number of nitrogen functional groups attached to an aromatic ring is 1. The van der Waals surface area contributed by atoms with Gasteiger partial charge < -0.3 is 15.3 Å². The molecule has 0 fully saturated rings. The standard InChI is InChI=1S/C14H12N2O2/c1-8-3-2-4-11-13(8)18-14(16-11)10-7-9(15)5-6-12(10)17/h2-7,17H,15H2,1H3. The number of hydrogen-bond donors (Lipinski definition) is 2. The van der Waals surface area contributed by atoms with Crippen molar-refractivity contribution in [1.82, 2.24) is 4.98 Å². The first kappa shape index (κ1) is 10.7. The Morgan fingerprint density at radius 2 is 2.06 bits per heavy atom. The van der Waals surface area contributed by atoms with Crippen LogP contribution in [0.3, 0.4) is 0 Å². The Morgan fingerprint density at radius 3 is 2.83 bits per heavy atom. The molecule has 3 N–H and O–H groups in total. The molecule has 0 saturated heterocycles. The zero-order valence-electron chi connectivity index (χ0n) is 9.84. The normalized spacial score (nSPS) is 10.9. The van der Waals surface area contributed by atoms with Crippen LogP contribution >= 0.6 is 0 Å². The van der Waals surface area contributed by atoms with Gasteiger partial charge in [-0.05, 0) is 36.8 Å². The maximum Gasteiger partial charge on any atom is 0.231 e. The van der Waals surface area contributed by atoms with E-state index < -0.39 is 0 Å². The summed E-state index contributed by atoms with van der Waals surface area (Å²) in [7, 11) is 0. The number of aromatic nitrogens is 1. The molecule has 90 valence electrons. The minimum absolute atomic E-state index is 0.105. The van der Waals surface area contributed by atoms with Crippen LogP contribution in [0, 0.1) is 6.92 Å². The van der Waals surface area contributed by atoms with Crippen molar-refractivity contribution in [1.29, 1.82) is 0 Å². The van der Waals surface area contributed by atoms with Crippen LogP contribution < -0.4 is 5.73 Å². The number of nitrogens with two attached hydrogens (primary N) is 1. The van der Waals surface area contributed by atoms with E-state index in [1.54, 1.807) is 12.1 Å². The number of phenols is 1. The third-order valence-corrected chi connectivity index (χ3v) is 2.86. The summed E-state index contributed by atoms with van der Waals surface area (Å²) in [6.45, 7) is 1.95. The average molecular weight is 240 g/mol. The Balaban J connectivity index is 2.26. The Labute approximate surface area is 104 Å². The second kappa shape index (κ2) is 3.77. The predicted octanol–water partition coefficient (Wildman–Crippen LogP) is 3.09. The lowest BCUT2D eigenvalue weighted by atomic mass is 10.2. The number of aromatic hydroxyl groups is 1. The van der Waals surface area contributed by atoms with Gasteiger partial charge in [-0.25, -0.2) is 4.98 Å². The SMILES string of the molecule is Cc1cccc2nc(-c3cc(N)ccc3O)oc12.